The van der Waals surface area contributed by atoms with Crippen LogP contribution < -0.4 is 5.32 Å². The molecule has 0 radical (unpaired) electrons. The highest BCUT2D eigenvalue weighted by molar-refractivity contribution is 6.06. The largest absolute Gasteiger partial charge is 0.347 e. The summed E-state index contributed by atoms with van der Waals surface area (Å²) in [6.45, 7) is 5.01. The maximum Gasteiger partial charge on any atom is 0.256 e. The molecule has 2 saturated heterocycles. The molecular weight excluding hydrogens is 384 g/mol. The number of imidazole rings is 1. The molecule has 9 heteroatoms. The Morgan fingerprint density at radius 1 is 1.27 bits per heavy atom. The van der Waals surface area contributed by atoms with E-state index in [0.717, 1.165) is 6.42 Å². The van der Waals surface area contributed by atoms with E-state index in [4.69, 9.17) is 9.57 Å². The maximum atomic E-state index is 12.6. The number of anilines is 1. The topological polar surface area (TPSA) is 94.4 Å². The predicted molar refractivity (Wildman–Crippen MR) is 110 cm³/mol. The van der Waals surface area contributed by atoms with Gasteiger partial charge in [-0.3, -0.25) is 14.2 Å². The second-order valence-corrected chi connectivity index (χ2v) is 7.94. The molecule has 2 aliphatic heterocycles. The third kappa shape index (κ3) is 2.89. The number of rotatable bonds is 4. The molecule has 5 rings (SSSR count). The average Bonchev–Trinajstić information content (AvgIpc) is 3.25. The molecule has 1 aromatic carbocycles. The van der Waals surface area contributed by atoms with Crippen LogP contribution in [0, 0.1) is 5.92 Å². The summed E-state index contributed by atoms with van der Waals surface area (Å²) in [4.78, 5) is 31.8. The van der Waals surface area contributed by atoms with Gasteiger partial charge in [-0.05, 0) is 18.6 Å². The first-order chi connectivity index (χ1) is 14.5. The summed E-state index contributed by atoms with van der Waals surface area (Å²) in [5, 5.41) is 4.69. The smallest absolute Gasteiger partial charge is 0.256 e. The lowest BCUT2D eigenvalue weighted by Gasteiger charge is -2.40. The van der Waals surface area contributed by atoms with Crippen molar-refractivity contribution in [3.05, 3.63) is 48.5 Å². The Morgan fingerprint density at radius 2 is 2.07 bits per heavy atom. The van der Waals surface area contributed by atoms with Crippen LogP contribution in [-0.2, 0) is 9.57 Å². The molecule has 4 atom stereocenters. The molecule has 1 N–H and O–H groups in total. The van der Waals surface area contributed by atoms with Crippen LogP contribution in [-0.4, -0.2) is 55.8 Å². The molecule has 0 aliphatic carbocycles. The van der Waals surface area contributed by atoms with Crippen LogP contribution in [0.2, 0.25) is 0 Å². The minimum atomic E-state index is -0.359. The third-order valence-electron chi connectivity index (χ3n) is 6.25. The van der Waals surface area contributed by atoms with Gasteiger partial charge in [0.2, 0.25) is 0 Å². The van der Waals surface area contributed by atoms with Gasteiger partial charge in [-0.25, -0.2) is 15.0 Å². The van der Waals surface area contributed by atoms with E-state index >= 15 is 0 Å². The number of benzene rings is 1. The van der Waals surface area contributed by atoms with Crippen LogP contribution in [0.4, 0.5) is 5.82 Å². The normalized spacial score (nSPS) is 28.7. The molecule has 2 fully saturated rings. The van der Waals surface area contributed by atoms with E-state index in [0.29, 0.717) is 29.1 Å². The quantitative estimate of drug-likeness (QED) is 0.709. The Labute approximate surface area is 174 Å². The first-order valence-corrected chi connectivity index (χ1v) is 10.1. The first kappa shape index (κ1) is 19.1. The van der Waals surface area contributed by atoms with E-state index < -0.39 is 0 Å². The van der Waals surface area contributed by atoms with Gasteiger partial charge in [-0.15, -0.1) is 0 Å². The number of hydrogen-bond donors (Lipinski definition) is 1. The molecule has 2 bridgehead atoms. The van der Waals surface area contributed by atoms with Crippen molar-refractivity contribution >= 4 is 22.9 Å². The molecule has 2 aromatic heterocycles. The zero-order chi connectivity index (χ0) is 20.9. The number of carbonyl (C=O) groups is 1. The molecule has 1 amide bonds. The van der Waals surface area contributed by atoms with Crippen molar-refractivity contribution in [3.8, 4) is 0 Å². The molecule has 1 unspecified atom stereocenters. The van der Waals surface area contributed by atoms with Crippen molar-refractivity contribution in [1.29, 1.82) is 0 Å². The summed E-state index contributed by atoms with van der Waals surface area (Å²) in [6, 6.07) is 8.99. The van der Waals surface area contributed by atoms with Gasteiger partial charge in [-0.2, -0.15) is 5.06 Å². The Hall–Kier alpha value is -2.88. The number of nitrogens with one attached hydrogen (secondary N) is 1. The van der Waals surface area contributed by atoms with Crippen molar-refractivity contribution in [2.45, 2.75) is 38.2 Å². The molecule has 3 aromatic rings. The number of hydroxylamine groups is 2. The molecule has 4 heterocycles. The Balaban J connectivity index is 1.49. The summed E-state index contributed by atoms with van der Waals surface area (Å²) >= 11 is 0. The van der Waals surface area contributed by atoms with Crippen molar-refractivity contribution in [3.63, 3.8) is 0 Å². The van der Waals surface area contributed by atoms with Crippen molar-refractivity contribution < 1.29 is 14.4 Å². The van der Waals surface area contributed by atoms with E-state index in [2.05, 4.69) is 34.1 Å². The van der Waals surface area contributed by atoms with Gasteiger partial charge in [0.05, 0.1) is 18.5 Å². The summed E-state index contributed by atoms with van der Waals surface area (Å²) in [7, 11) is 1.93. The Bertz CT molecular complexity index is 1090. The summed E-state index contributed by atoms with van der Waals surface area (Å²) in [5.41, 5.74) is 1.37. The lowest BCUT2D eigenvalue weighted by atomic mass is 9.83. The van der Waals surface area contributed by atoms with Gasteiger partial charge in [0.1, 0.15) is 12.4 Å². The molecule has 2 aliphatic rings. The van der Waals surface area contributed by atoms with Crippen molar-refractivity contribution in [1.82, 2.24) is 24.6 Å². The number of aromatic nitrogens is 4. The van der Waals surface area contributed by atoms with Crippen LogP contribution in [0.1, 0.15) is 36.9 Å². The Kier molecular flexibility index (Phi) is 4.53. The SMILES string of the molecule is CC[C@@]12CN(C)OC([C@H](n3cnc4c(NC(=O)c5ccccc5)ncnc43)O1)[C@H]2C. The van der Waals surface area contributed by atoms with Crippen molar-refractivity contribution in [2.24, 2.45) is 5.92 Å². The van der Waals surface area contributed by atoms with Crippen molar-refractivity contribution in [2.75, 3.05) is 18.9 Å². The second-order valence-electron chi connectivity index (χ2n) is 7.94. The zero-order valence-electron chi connectivity index (χ0n) is 17.1. The fourth-order valence-electron chi connectivity index (χ4n) is 4.54. The molecule has 30 heavy (non-hydrogen) atoms. The predicted octanol–water partition coefficient (Wildman–Crippen LogP) is 2.64. The highest BCUT2D eigenvalue weighted by Crippen LogP contribution is 2.49. The van der Waals surface area contributed by atoms with Crippen LogP contribution in [0.3, 0.4) is 0 Å². The molecule has 0 saturated carbocycles. The van der Waals surface area contributed by atoms with E-state index in [1.165, 1.54) is 6.33 Å². The number of nitrogens with zero attached hydrogens (tertiary/aromatic N) is 5. The van der Waals surface area contributed by atoms with E-state index in [1.54, 1.807) is 18.5 Å². The number of hydrogen-bond acceptors (Lipinski definition) is 7. The van der Waals surface area contributed by atoms with Crippen LogP contribution in [0.15, 0.2) is 43.0 Å². The van der Waals surface area contributed by atoms with Gasteiger partial charge in [0, 0.05) is 18.5 Å². The number of fused-ring (bicyclic) bond motifs is 3. The lowest BCUT2D eigenvalue weighted by molar-refractivity contribution is -0.233. The molecule has 156 valence electrons. The molecule has 9 nitrogen and oxygen atoms in total. The third-order valence-corrected chi connectivity index (χ3v) is 6.25. The minimum absolute atomic E-state index is 0.154. The fourth-order valence-corrected chi connectivity index (χ4v) is 4.54. The highest BCUT2D eigenvalue weighted by Gasteiger charge is 2.57. The molecule has 0 spiro atoms. The molecular formula is C21H24N6O3. The zero-order valence-corrected chi connectivity index (χ0v) is 17.1. The average molecular weight is 408 g/mol. The van der Waals surface area contributed by atoms with E-state index in [9.17, 15) is 4.79 Å². The highest BCUT2D eigenvalue weighted by atomic mass is 16.7. The van der Waals surface area contributed by atoms with E-state index in [1.807, 2.05) is 34.9 Å². The fraction of sp³-hybridized carbons (Fsp3) is 0.429. The second kappa shape index (κ2) is 7.12. The van der Waals surface area contributed by atoms with Crippen LogP contribution in [0.5, 0.6) is 0 Å². The lowest BCUT2D eigenvalue weighted by Crippen LogP contribution is -2.51. The standard InChI is InChI=1S/C21H24N6O3/c1-4-21-10-26(3)30-16(13(21)2)20(29-21)27-12-24-15-17(22-11-23-18(15)27)25-19(28)14-8-6-5-7-9-14/h5-9,11-13,16,20H,4,10H2,1-3H3,(H,22,23,25,28)/t13-,16?,20-,21+/m1/s1. The number of ether oxygens (including phenoxy) is 1. The maximum absolute atomic E-state index is 12.6. The summed E-state index contributed by atoms with van der Waals surface area (Å²) in [5.74, 6) is 0.340. The van der Waals surface area contributed by atoms with Gasteiger partial charge < -0.3 is 10.1 Å². The first-order valence-electron chi connectivity index (χ1n) is 10.1. The monoisotopic (exact) mass is 408 g/mol. The van der Waals surface area contributed by atoms with Crippen LogP contribution >= 0.6 is 0 Å². The van der Waals surface area contributed by atoms with Gasteiger partial charge in [0.15, 0.2) is 23.2 Å². The summed E-state index contributed by atoms with van der Waals surface area (Å²) < 4.78 is 8.44. The number of amides is 1. The van der Waals surface area contributed by atoms with E-state index in [-0.39, 0.29) is 29.8 Å². The number of carbonyl (C=O) groups excluding carboxylic acids is 1. The van der Waals surface area contributed by atoms with Gasteiger partial charge in [-0.1, -0.05) is 32.0 Å². The Morgan fingerprint density at radius 3 is 2.83 bits per heavy atom. The summed E-state index contributed by atoms with van der Waals surface area (Å²) in [6.07, 6.45) is 3.48. The minimum Gasteiger partial charge on any atom is -0.347 e. The van der Waals surface area contributed by atoms with Gasteiger partial charge >= 0.3 is 0 Å². The number of likely N-dealkylation sites (N-methyl/N-ethyl adjacent to an activating group) is 1. The van der Waals surface area contributed by atoms with Crippen LogP contribution in [0.25, 0.3) is 11.2 Å². The van der Waals surface area contributed by atoms with Gasteiger partial charge in [0.25, 0.3) is 5.91 Å².